The molecule has 0 spiro atoms. The van der Waals surface area contributed by atoms with Crippen molar-refractivity contribution in [1.82, 2.24) is 14.8 Å². The molecule has 3 N–H and O–H groups in total. The van der Waals surface area contributed by atoms with Gasteiger partial charge < -0.3 is 15.4 Å². The molecule has 0 aliphatic heterocycles. The monoisotopic (exact) mass is 184 g/mol. The van der Waals surface area contributed by atoms with Crippen LogP contribution in [0.1, 0.15) is 31.1 Å². The lowest BCUT2D eigenvalue weighted by Gasteiger charge is -2.10. The Morgan fingerprint density at radius 1 is 1.54 bits per heavy atom. The van der Waals surface area contributed by atoms with Gasteiger partial charge in [-0.1, -0.05) is 0 Å². The van der Waals surface area contributed by atoms with E-state index in [1.807, 2.05) is 18.4 Å². The van der Waals surface area contributed by atoms with Crippen LogP contribution in [0.3, 0.4) is 0 Å². The summed E-state index contributed by atoms with van der Waals surface area (Å²) in [5.41, 5.74) is 5.35. The van der Waals surface area contributed by atoms with E-state index in [2.05, 4.69) is 10.2 Å². The van der Waals surface area contributed by atoms with Crippen LogP contribution in [0.5, 0.6) is 0 Å². The van der Waals surface area contributed by atoms with Crippen molar-refractivity contribution < 1.29 is 5.11 Å². The Bertz CT molecular complexity index is 271. The first-order chi connectivity index (χ1) is 6.20. The van der Waals surface area contributed by atoms with E-state index in [4.69, 9.17) is 5.73 Å². The van der Waals surface area contributed by atoms with Crippen molar-refractivity contribution in [2.45, 2.75) is 32.9 Å². The largest absolute Gasteiger partial charge is 0.385 e. The van der Waals surface area contributed by atoms with Gasteiger partial charge in [-0.25, -0.2) is 0 Å². The van der Waals surface area contributed by atoms with E-state index in [0.29, 0.717) is 18.8 Å². The third-order valence-corrected chi connectivity index (χ3v) is 2.02. The fraction of sp³-hybridized carbons (Fsp3) is 0.750. The third kappa shape index (κ3) is 2.05. The Morgan fingerprint density at radius 2 is 2.23 bits per heavy atom. The van der Waals surface area contributed by atoms with E-state index in [0.717, 1.165) is 12.4 Å². The number of aromatic nitrogens is 3. The van der Waals surface area contributed by atoms with Crippen molar-refractivity contribution >= 4 is 0 Å². The zero-order valence-corrected chi connectivity index (χ0v) is 8.06. The summed E-state index contributed by atoms with van der Waals surface area (Å²) in [5.74, 6) is 1.44. The highest BCUT2D eigenvalue weighted by Gasteiger charge is 2.15. The standard InChI is InChI=1S/C8H16N4O/c1-3-12-6(2)10-11-8(12)7(13)4-5-9/h7,13H,3-5,9H2,1-2H3/t7-/m0/s1. The fourth-order valence-corrected chi connectivity index (χ4v) is 1.32. The van der Waals surface area contributed by atoms with E-state index < -0.39 is 6.10 Å². The van der Waals surface area contributed by atoms with Gasteiger partial charge in [0.1, 0.15) is 11.9 Å². The molecular weight excluding hydrogens is 168 g/mol. The molecule has 13 heavy (non-hydrogen) atoms. The van der Waals surface area contributed by atoms with Gasteiger partial charge in [-0.3, -0.25) is 0 Å². The fourth-order valence-electron chi connectivity index (χ4n) is 1.32. The zero-order valence-electron chi connectivity index (χ0n) is 8.06. The summed E-state index contributed by atoms with van der Waals surface area (Å²) in [6.07, 6.45) is -0.0656. The van der Waals surface area contributed by atoms with Gasteiger partial charge in [0.15, 0.2) is 5.82 Å². The minimum atomic E-state index is -0.592. The Kier molecular flexibility index (Phi) is 3.39. The molecule has 0 amide bonds. The maximum Gasteiger partial charge on any atom is 0.161 e. The van der Waals surface area contributed by atoms with E-state index in [1.54, 1.807) is 0 Å². The second-order valence-corrected chi connectivity index (χ2v) is 2.94. The van der Waals surface area contributed by atoms with Crippen molar-refractivity contribution in [2.24, 2.45) is 5.73 Å². The number of nitrogens with zero attached hydrogens (tertiary/aromatic N) is 3. The molecule has 1 heterocycles. The molecular formula is C8H16N4O. The summed E-state index contributed by atoms with van der Waals surface area (Å²) in [4.78, 5) is 0. The van der Waals surface area contributed by atoms with Crippen LogP contribution in [-0.2, 0) is 6.54 Å². The SMILES string of the molecule is CCn1c(C)nnc1[C@@H](O)CCN. The van der Waals surface area contributed by atoms with Gasteiger partial charge in [0.25, 0.3) is 0 Å². The van der Waals surface area contributed by atoms with Crippen LogP contribution in [0.25, 0.3) is 0 Å². The van der Waals surface area contributed by atoms with Crippen molar-refractivity contribution in [3.05, 3.63) is 11.6 Å². The Labute approximate surface area is 77.6 Å². The molecule has 0 saturated heterocycles. The predicted octanol–water partition coefficient (Wildman–Crippen LogP) is -0.0114. The molecule has 0 aromatic carbocycles. The number of hydrogen-bond acceptors (Lipinski definition) is 4. The number of aliphatic hydroxyl groups excluding tert-OH is 1. The second kappa shape index (κ2) is 4.34. The summed E-state index contributed by atoms with van der Waals surface area (Å²) < 4.78 is 1.89. The van der Waals surface area contributed by atoms with Gasteiger partial charge in [0.05, 0.1) is 0 Å². The number of hydrogen-bond donors (Lipinski definition) is 2. The first-order valence-electron chi connectivity index (χ1n) is 4.48. The van der Waals surface area contributed by atoms with Gasteiger partial charge in [-0.05, 0) is 26.8 Å². The van der Waals surface area contributed by atoms with Crippen LogP contribution in [-0.4, -0.2) is 26.4 Å². The van der Waals surface area contributed by atoms with Crippen molar-refractivity contribution in [2.75, 3.05) is 6.54 Å². The number of aliphatic hydroxyl groups is 1. The van der Waals surface area contributed by atoms with Crippen molar-refractivity contribution in [3.63, 3.8) is 0 Å². The molecule has 1 atom stereocenters. The van der Waals surface area contributed by atoms with Crippen LogP contribution in [0.2, 0.25) is 0 Å². The number of aryl methyl sites for hydroxylation is 1. The van der Waals surface area contributed by atoms with Gasteiger partial charge in [-0.2, -0.15) is 0 Å². The van der Waals surface area contributed by atoms with Crippen molar-refractivity contribution in [3.8, 4) is 0 Å². The zero-order chi connectivity index (χ0) is 9.84. The van der Waals surface area contributed by atoms with Crippen LogP contribution in [0.15, 0.2) is 0 Å². The molecule has 0 fully saturated rings. The lowest BCUT2D eigenvalue weighted by atomic mass is 10.2. The molecule has 1 aromatic rings. The molecule has 1 aromatic heterocycles. The van der Waals surface area contributed by atoms with Crippen LogP contribution < -0.4 is 5.73 Å². The van der Waals surface area contributed by atoms with E-state index in [9.17, 15) is 5.11 Å². The molecule has 1 rings (SSSR count). The molecule has 5 nitrogen and oxygen atoms in total. The molecule has 74 valence electrons. The third-order valence-electron chi connectivity index (χ3n) is 2.02. The smallest absolute Gasteiger partial charge is 0.161 e. The van der Waals surface area contributed by atoms with Gasteiger partial charge in [0, 0.05) is 6.54 Å². The normalized spacial score (nSPS) is 13.2. The maximum atomic E-state index is 9.64. The van der Waals surface area contributed by atoms with Gasteiger partial charge in [-0.15, -0.1) is 10.2 Å². The quantitative estimate of drug-likeness (QED) is 0.690. The number of rotatable bonds is 4. The summed E-state index contributed by atoms with van der Waals surface area (Å²) in [6, 6.07) is 0. The average Bonchev–Trinajstić information content (AvgIpc) is 2.47. The molecule has 0 radical (unpaired) electrons. The minimum Gasteiger partial charge on any atom is -0.385 e. The highest BCUT2D eigenvalue weighted by atomic mass is 16.3. The van der Waals surface area contributed by atoms with Crippen molar-refractivity contribution in [1.29, 1.82) is 0 Å². The molecule has 0 aliphatic rings. The Balaban J connectivity index is 2.86. The Hall–Kier alpha value is -0.940. The minimum absolute atomic E-state index is 0.455. The van der Waals surface area contributed by atoms with E-state index in [1.165, 1.54) is 0 Å². The maximum absolute atomic E-state index is 9.64. The molecule has 0 aliphatic carbocycles. The molecule has 0 saturated carbocycles. The average molecular weight is 184 g/mol. The lowest BCUT2D eigenvalue weighted by Crippen LogP contribution is -2.12. The Morgan fingerprint density at radius 3 is 2.77 bits per heavy atom. The van der Waals surface area contributed by atoms with E-state index in [-0.39, 0.29) is 0 Å². The topological polar surface area (TPSA) is 77.0 Å². The molecule has 5 heteroatoms. The predicted molar refractivity (Wildman–Crippen MR) is 49.1 cm³/mol. The van der Waals surface area contributed by atoms with Crippen LogP contribution >= 0.6 is 0 Å². The number of nitrogens with two attached hydrogens (primary N) is 1. The summed E-state index contributed by atoms with van der Waals surface area (Å²) in [7, 11) is 0. The highest BCUT2D eigenvalue weighted by Crippen LogP contribution is 2.14. The lowest BCUT2D eigenvalue weighted by molar-refractivity contribution is 0.155. The molecule has 0 unspecified atom stereocenters. The highest BCUT2D eigenvalue weighted by molar-refractivity contribution is 4.97. The van der Waals surface area contributed by atoms with Crippen LogP contribution in [0.4, 0.5) is 0 Å². The van der Waals surface area contributed by atoms with Gasteiger partial charge >= 0.3 is 0 Å². The first-order valence-corrected chi connectivity index (χ1v) is 4.48. The second-order valence-electron chi connectivity index (χ2n) is 2.94. The van der Waals surface area contributed by atoms with E-state index >= 15 is 0 Å². The first kappa shape index (κ1) is 10.1. The molecule has 0 bridgehead atoms. The summed E-state index contributed by atoms with van der Waals surface area (Å²) in [6.45, 7) is 5.09. The summed E-state index contributed by atoms with van der Waals surface area (Å²) in [5, 5.41) is 17.5. The van der Waals surface area contributed by atoms with Gasteiger partial charge in [0.2, 0.25) is 0 Å². The summed E-state index contributed by atoms with van der Waals surface area (Å²) >= 11 is 0. The van der Waals surface area contributed by atoms with Crippen LogP contribution in [0, 0.1) is 6.92 Å².